The van der Waals surface area contributed by atoms with Crippen LogP contribution in [0.3, 0.4) is 0 Å². The SMILES string of the molecule is CN(C)c1ccc(CNC(=O)C2CNNC2c2cccc(Cl)c2)cc1. The lowest BCUT2D eigenvalue weighted by atomic mass is 9.94. The molecular formula is C19H23ClN4O. The lowest BCUT2D eigenvalue weighted by Crippen LogP contribution is -2.34. The van der Waals surface area contributed by atoms with Crippen LogP contribution >= 0.6 is 11.6 Å². The number of nitrogens with zero attached hydrogens (tertiary/aromatic N) is 1. The van der Waals surface area contributed by atoms with Crippen molar-refractivity contribution in [2.75, 3.05) is 25.5 Å². The van der Waals surface area contributed by atoms with Crippen molar-refractivity contribution in [3.05, 3.63) is 64.7 Å². The molecule has 0 radical (unpaired) electrons. The second-order valence-electron chi connectivity index (χ2n) is 6.44. The fourth-order valence-electron chi connectivity index (χ4n) is 2.99. The predicted molar refractivity (Wildman–Crippen MR) is 101 cm³/mol. The third kappa shape index (κ3) is 4.31. The fraction of sp³-hybridized carbons (Fsp3) is 0.316. The van der Waals surface area contributed by atoms with Gasteiger partial charge in [0.1, 0.15) is 0 Å². The summed E-state index contributed by atoms with van der Waals surface area (Å²) in [5, 5.41) is 3.71. The first-order valence-electron chi connectivity index (χ1n) is 8.32. The van der Waals surface area contributed by atoms with E-state index in [1.807, 2.05) is 55.4 Å². The maximum absolute atomic E-state index is 12.6. The average Bonchev–Trinajstić information content (AvgIpc) is 3.10. The van der Waals surface area contributed by atoms with E-state index in [2.05, 4.69) is 28.3 Å². The first-order chi connectivity index (χ1) is 12.0. The lowest BCUT2D eigenvalue weighted by molar-refractivity contribution is -0.125. The maximum Gasteiger partial charge on any atom is 0.226 e. The van der Waals surface area contributed by atoms with Crippen molar-refractivity contribution < 1.29 is 4.79 Å². The number of halogens is 1. The molecule has 1 fully saturated rings. The summed E-state index contributed by atoms with van der Waals surface area (Å²) in [6, 6.07) is 15.7. The summed E-state index contributed by atoms with van der Waals surface area (Å²) in [5.74, 6) is -0.154. The third-order valence-electron chi connectivity index (χ3n) is 4.45. The van der Waals surface area contributed by atoms with E-state index < -0.39 is 0 Å². The molecule has 2 aromatic rings. The molecule has 0 spiro atoms. The molecule has 1 amide bonds. The van der Waals surface area contributed by atoms with E-state index >= 15 is 0 Å². The molecule has 0 saturated carbocycles. The summed E-state index contributed by atoms with van der Waals surface area (Å²) in [4.78, 5) is 14.7. The van der Waals surface area contributed by atoms with Crippen LogP contribution in [0.4, 0.5) is 5.69 Å². The zero-order chi connectivity index (χ0) is 17.8. The minimum atomic E-state index is -0.181. The quantitative estimate of drug-likeness (QED) is 0.768. The second kappa shape index (κ2) is 7.87. The maximum atomic E-state index is 12.6. The molecule has 0 aliphatic carbocycles. The molecular weight excluding hydrogens is 336 g/mol. The molecule has 1 saturated heterocycles. The largest absolute Gasteiger partial charge is 0.378 e. The first kappa shape index (κ1) is 17.7. The second-order valence-corrected chi connectivity index (χ2v) is 6.88. The van der Waals surface area contributed by atoms with Gasteiger partial charge in [-0.1, -0.05) is 35.9 Å². The van der Waals surface area contributed by atoms with Gasteiger partial charge in [-0.05, 0) is 35.4 Å². The van der Waals surface area contributed by atoms with Crippen molar-refractivity contribution in [2.45, 2.75) is 12.6 Å². The summed E-state index contributed by atoms with van der Waals surface area (Å²) in [7, 11) is 4.01. The Morgan fingerprint density at radius 2 is 2.00 bits per heavy atom. The number of rotatable bonds is 5. The van der Waals surface area contributed by atoms with Crippen molar-refractivity contribution in [1.29, 1.82) is 0 Å². The van der Waals surface area contributed by atoms with Crippen molar-refractivity contribution in [3.8, 4) is 0 Å². The van der Waals surface area contributed by atoms with Gasteiger partial charge in [-0.25, -0.2) is 5.43 Å². The molecule has 1 aliphatic heterocycles. The van der Waals surface area contributed by atoms with Crippen molar-refractivity contribution >= 4 is 23.2 Å². The molecule has 0 aromatic heterocycles. The number of carbonyl (C=O) groups excluding carboxylic acids is 1. The molecule has 1 aliphatic rings. The van der Waals surface area contributed by atoms with Gasteiger partial charge in [-0.15, -0.1) is 0 Å². The summed E-state index contributed by atoms with van der Waals surface area (Å²) in [6.07, 6.45) is 0. The van der Waals surface area contributed by atoms with Gasteiger partial charge < -0.3 is 10.2 Å². The number of carbonyl (C=O) groups is 1. The van der Waals surface area contributed by atoms with Gasteiger partial charge in [-0.2, -0.15) is 0 Å². The number of hydrazine groups is 1. The molecule has 25 heavy (non-hydrogen) atoms. The van der Waals surface area contributed by atoms with Crippen LogP contribution in [-0.4, -0.2) is 26.5 Å². The molecule has 2 unspecified atom stereocenters. The van der Waals surface area contributed by atoms with Crippen molar-refractivity contribution in [2.24, 2.45) is 5.92 Å². The highest BCUT2D eigenvalue weighted by Gasteiger charge is 2.33. The molecule has 3 rings (SSSR count). The Hall–Kier alpha value is -2.08. The topological polar surface area (TPSA) is 56.4 Å². The van der Waals surface area contributed by atoms with Crippen LogP contribution in [0.2, 0.25) is 5.02 Å². The van der Waals surface area contributed by atoms with Crippen LogP contribution in [-0.2, 0) is 11.3 Å². The number of benzene rings is 2. The number of anilines is 1. The predicted octanol–water partition coefficient (Wildman–Crippen LogP) is 2.49. The molecule has 2 aromatic carbocycles. The summed E-state index contributed by atoms with van der Waals surface area (Å²) < 4.78 is 0. The standard InChI is InChI=1S/C19H23ClN4O/c1-24(2)16-8-6-13(7-9-16)11-21-19(25)17-12-22-23-18(17)14-4-3-5-15(20)10-14/h3-10,17-18,22-23H,11-12H2,1-2H3,(H,21,25). The molecule has 2 atom stereocenters. The van der Waals surface area contributed by atoms with E-state index in [9.17, 15) is 4.79 Å². The van der Waals surface area contributed by atoms with Gasteiger partial charge in [0.25, 0.3) is 0 Å². The van der Waals surface area contributed by atoms with Crippen LogP contribution in [0.15, 0.2) is 48.5 Å². The van der Waals surface area contributed by atoms with Crippen LogP contribution in [0.25, 0.3) is 0 Å². The Kier molecular flexibility index (Phi) is 5.58. The first-order valence-corrected chi connectivity index (χ1v) is 8.70. The third-order valence-corrected chi connectivity index (χ3v) is 4.68. The van der Waals surface area contributed by atoms with Gasteiger partial charge in [0.2, 0.25) is 5.91 Å². The van der Waals surface area contributed by atoms with Crippen molar-refractivity contribution in [3.63, 3.8) is 0 Å². The van der Waals surface area contributed by atoms with Crippen LogP contribution in [0.1, 0.15) is 17.2 Å². The highest BCUT2D eigenvalue weighted by Crippen LogP contribution is 2.27. The Morgan fingerprint density at radius 1 is 1.24 bits per heavy atom. The Morgan fingerprint density at radius 3 is 2.68 bits per heavy atom. The molecule has 0 bridgehead atoms. The van der Waals surface area contributed by atoms with Gasteiger partial charge >= 0.3 is 0 Å². The fourth-order valence-corrected chi connectivity index (χ4v) is 3.19. The van der Waals surface area contributed by atoms with Crippen LogP contribution in [0, 0.1) is 5.92 Å². The molecule has 5 nitrogen and oxygen atoms in total. The molecule has 6 heteroatoms. The van der Waals surface area contributed by atoms with Gasteiger partial charge in [0, 0.05) is 37.9 Å². The van der Waals surface area contributed by atoms with E-state index in [-0.39, 0.29) is 17.9 Å². The zero-order valence-electron chi connectivity index (χ0n) is 14.4. The Bertz CT molecular complexity index is 732. The summed E-state index contributed by atoms with van der Waals surface area (Å²) in [6.45, 7) is 1.11. The normalized spacial score (nSPS) is 19.6. The van der Waals surface area contributed by atoms with E-state index in [0.29, 0.717) is 18.1 Å². The number of amides is 1. The summed E-state index contributed by atoms with van der Waals surface area (Å²) in [5.41, 5.74) is 9.48. The van der Waals surface area contributed by atoms with E-state index in [1.54, 1.807) is 0 Å². The van der Waals surface area contributed by atoms with Gasteiger partial charge in [0.05, 0.1) is 12.0 Å². The molecule has 3 N–H and O–H groups in total. The van der Waals surface area contributed by atoms with E-state index in [0.717, 1.165) is 16.8 Å². The van der Waals surface area contributed by atoms with Gasteiger partial charge in [-0.3, -0.25) is 10.2 Å². The van der Waals surface area contributed by atoms with Gasteiger partial charge in [0.15, 0.2) is 0 Å². The number of hydrogen-bond donors (Lipinski definition) is 3. The highest BCUT2D eigenvalue weighted by atomic mass is 35.5. The smallest absolute Gasteiger partial charge is 0.226 e. The molecule has 132 valence electrons. The average molecular weight is 359 g/mol. The van der Waals surface area contributed by atoms with Crippen LogP contribution in [0.5, 0.6) is 0 Å². The summed E-state index contributed by atoms with van der Waals surface area (Å²) >= 11 is 6.07. The van der Waals surface area contributed by atoms with Crippen molar-refractivity contribution in [1.82, 2.24) is 16.2 Å². The minimum Gasteiger partial charge on any atom is -0.378 e. The Labute approximate surface area is 153 Å². The number of nitrogens with one attached hydrogen (secondary N) is 3. The van der Waals surface area contributed by atoms with E-state index in [4.69, 9.17) is 11.6 Å². The van der Waals surface area contributed by atoms with E-state index in [1.165, 1.54) is 0 Å². The minimum absolute atomic E-state index is 0.0270. The zero-order valence-corrected chi connectivity index (χ0v) is 15.2. The highest BCUT2D eigenvalue weighted by molar-refractivity contribution is 6.30. The monoisotopic (exact) mass is 358 g/mol. The van der Waals surface area contributed by atoms with Crippen LogP contribution < -0.4 is 21.1 Å². The Balaban J connectivity index is 1.62. The molecule has 1 heterocycles. The lowest BCUT2D eigenvalue weighted by Gasteiger charge is -2.19. The number of hydrogen-bond acceptors (Lipinski definition) is 4.